The number of rotatable bonds is 3. The van der Waals surface area contributed by atoms with Gasteiger partial charge in [0.2, 0.25) is 0 Å². The maximum Gasteiger partial charge on any atom is 0.340 e. The molecule has 132 valence electrons. The smallest absolute Gasteiger partial charge is 0.340 e. The van der Waals surface area contributed by atoms with Crippen molar-refractivity contribution in [2.75, 3.05) is 7.11 Å². The van der Waals surface area contributed by atoms with Crippen LogP contribution in [0.25, 0.3) is 6.08 Å². The van der Waals surface area contributed by atoms with E-state index in [0.29, 0.717) is 21.9 Å². The molecule has 1 aromatic rings. The molecule has 2 aliphatic rings. The van der Waals surface area contributed by atoms with Crippen LogP contribution >= 0.6 is 11.6 Å². The van der Waals surface area contributed by atoms with Crippen LogP contribution in [0.4, 0.5) is 0 Å². The highest BCUT2D eigenvalue weighted by Crippen LogP contribution is 2.36. The second-order valence-corrected chi connectivity index (χ2v) is 6.97. The lowest BCUT2D eigenvalue weighted by Crippen LogP contribution is -2.37. The van der Waals surface area contributed by atoms with E-state index >= 15 is 0 Å². The van der Waals surface area contributed by atoms with Crippen molar-refractivity contribution in [3.63, 3.8) is 0 Å². The Labute approximate surface area is 153 Å². The van der Waals surface area contributed by atoms with Gasteiger partial charge in [-0.15, -0.1) is 0 Å². The Morgan fingerprint density at radius 1 is 1.28 bits per heavy atom. The minimum Gasteiger partial charge on any atom is -0.465 e. The van der Waals surface area contributed by atoms with Gasteiger partial charge in [0.15, 0.2) is 0 Å². The predicted octanol–water partition coefficient (Wildman–Crippen LogP) is 4.35. The average molecular weight is 360 g/mol. The highest BCUT2D eigenvalue weighted by atomic mass is 35.5. The number of carbonyl (C=O) groups is 2. The summed E-state index contributed by atoms with van der Waals surface area (Å²) in [4.78, 5) is 27.2. The molecule has 1 saturated carbocycles. The molecule has 0 aromatic heterocycles. The summed E-state index contributed by atoms with van der Waals surface area (Å²) in [5, 5.41) is 0.587. The van der Waals surface area contributed by atoms with Crippen LogP contribution in [0.1, 0.15) is 44.6 Å². The zero-order valence-corrected chi connectivity index (χ0v) is 15.3. The Morgan fingerprint density at radius 3 is 2.64 bits per heavy atom. The molecule has 1 fully saturated rings. The van der Waals surface area contributed by atoms with Crippen molar-refractivity contribution in [1.82, 2.24) is 4.90 Å². The van der Waals surface area contributed by atoms with Gasteiger partial charge in [-0.1, -0.05) is 43.0 Å². The van der Waals surface area contributed by atoms with Gasteiger partial charge in [0, 0.05) is 16.8 Å². The summed E-state index contributed by atoms with van der Waals surface area (Å²) in [6.45, 7) is 1.83. The first kappa shape index (κ1) is 17.7. The molecule has 0 saturated heterocycles. The first-order valence-corrected chi connectivity index (χ1v) is 9.01. The number of allylic oxidation sites excluding steroid dienone is 1. The Hall–Kier alpha value is -2.07. The summed E-state index contributed by atoms with van der Waals surface area (Å²) in [5.41, 5.74) is 2.22. The average Bonchev–Trinajstić information content (AvgIpc) is 2.85. The standard InChI is InChI=1S/C20H22ClNO3/c1-13-18(20(24)25-2)17(12-14-7-6-8-15(21)11-14)19(23)22(13)16-9-4-3-5-10-16/h6-8,11-12,16H,3-5,9-10H2,1-2H3/b17-12-. The fourth-order valence-corrected chi connectivity index (χ4v) is 3.94. The van der Waals surface area contributed by atoms with Crippen molar-refractivity contribution < 1.29 is 14.3 Å². The molecule has 1 aliphatic carbocycles. The van der Waals surface area contributed by atoms with Gasteiger partial charge in [-0.3, -0.25) is 4.79 Å². The van der Waals surface area contributed by atoms with Crippen molar-refractivity contribution in [2.45, 2.75) is 45.1 Å². The molecular weight excluding hydrogens is 338 g/mol. The quantitative estimate of drug-likeness (QED) is 0.595. The number of nitrogens with zero attached hydrogens (tertiary/aromatic N) is 1. The summed E-state index contributed by atoms with van der Waals surface area (Å²) >= 11 is 6.04. The first-order valence-electron chi connectivity index (χ1n) is 8.63. The van der Waals surface area contributed by atoms with Crippen LogP contribution in [0, 0.1) is 0 Å². The fourth-order valence-electron chi connectivity index (χ4n) is 3.74. The summed E-state index contributed by atoms with van der Waals surface area (Å²) in [6, 6.07) is 7.39. The van der Waals surface area contributed by atoms with Gasteiger partial charge in [-0.05, 0) is 43.5 Å². The number of methoxy groups -OCH3 is 1. The number of ether oxygens (including phenoxy) is 1. The normalized spacial score (nSPS) is 20.5. The maximum absolute atomic E-state index is 13.1. The highest BCUT2D eigenvalue weighted by Gasteiger charge is 2.40. The van der Waals surface area contributed by atoms with E-state index in [4.69, 9.17) is 16.3 Å². The Balaban J connectivity index is 2.04. The van der Waals surface area contributed by atoms with Crippen LogP contribution in [-0.2, 0) is 14.3 Å². The molecular formula is C20H22ClNO3. The van der Waals surface area contributed by atoms with Crippen LogP contribution < -0.4 is 0 Å². The van der Waals surface area contributed by atoms with Gasteiger partial charge >= 0.3 is 5.97 Å². The number of benzene rings is 1. The number of halogens is 1. The van der Waals surface area contributed by atoms with E-state index in [1.165, 1.54) is 13.5 Å². The maximum atomic E-state index is 13.1. The van der Waals surface area contributed by atoms with Crippen molar-refractivity contribution in [2.24, 2.45) is 0 Å². The molecule has 0 atom stereocenters. The van der Waals surface area contributed by atoms with Gasteiger partial charge < -0.3 is 9.64 Å². The van der Waals surface area contributed by atoms with Crippen LogP contribution in [0.5, 0.6) is 0 Å². The third-order valence-electron chi connectivity index (χ3n) is 4.93. The van der Waals surface area contributed by atoms with Gasteiger partial charge in [-0.25, -0.2) is 4.79 Å². The molecule has 1 amide bonds. The molecule has 4 nitrogen and oxygen atoms in total. The topological polar surface area (TPSA) is 46.6 Å². The minimum absolute atomic E-state index is 0.121. The molecule has 0 spiro atoms. The van der Waals surface area contributed by atoms with Crippen molar-refractivity contribution in [1.29, 1.82) is 0 Å². The van der Waals surface area contributed by atoms with Crippen molar-refractivity contribution in [3.05, 3.63) is 51.7 Å². The predicted molar refractivity (Wildman–Crippen MR) is 97.9 cm³/mol. The molecule has 25 heavy (non-hydrogen) atoms. The van der Waals surface area contributed by atoms with Gasteiger partial charge in [-0.2, -0.15) is 0 Å². The molecule has 3 rings (SSSR count). The lowest BCUT2D eigenvalue weighted by atomic mass is 9.94. The third kappa shape index (κ3) is 3.49. The summed E-state index contributed by atoms with van der Waals surface area (Å²) in [5.74, 6) is -0.595. The van der Waals surface area contributed by atoms with E-state index in [2.05, 4.69) is 0 Å². The van der Waals surface area contributed by atoms with Gasteiger partial charge in [0.05, 0.1) is 18.3 Å². The monoisotopic (exact) mass is 359 g/mol. The van der Waals surface area contributed by atoms with Crippen molar-refractivity contribution >= 4 is 29.6 Å². The Bertz CT molecular complexity index is 760. The lowest BCUT2D eigenvalue weighted by molar-refractivity contribution is -0.136. The van der Waals surface area contributed by atoms with Gasteiger partial charge in [0.25, 0.3) is 5.91 Å². The van der Waals surface area contributed by atoms with E-state index in [1.807, 2.05) is 19.1 Å². The fraction of sp³-hybridized carbons (Fsp3) is 0.400. The lowest BCUT2D eigenvalue weighted by Gasteiger charge is -2.32. The van der Waals surface area contributed by atoms with Crippen LogP contribution in [0.2, 0.25) is 5.02 Å². The number of amides is 1. The van der Waals surface area contributed by atoms with Crippen molar-refractivity contribution in [3.8, 4) is 0 Å². The van der Waals surface area contributed by atoms with Crippen LogP contribution in [-0.4, -0.2) is 29.9 Å². The largest absolute Gasteiger partial charge is 0.465 e. The number of carbonyl (C=O) groups excluding carboxylic acids is 2. The SMILES string of the molecule is COC(=O)C1=C(C)N(C2CCCCC2)C(=O)/C1=C\c1cccc(Cl)c1. The zero-order chi connectivity index (χ0) is 18.0. The molecule has 1 aromatic carbocycles. The molecule has 0 unspecified atom stereocenters. The molecule has 1 heterocycles. The second-order valence-electron chi connectivity index (χ2n) is 6.53. The van der Waals surface area contributed by atoms with Crippen LogP contribution in [0.3, 0.4) is 0 Å². The Kier molecular flexibility index (Phi) is 5.28. The number of hydrogen-bond donors (Lipinski definition) is 0. The number of hydrogen-bond acceptors (Lipinski definition) is 3. The third-order valence-corrected chi connectivity index (χ3v) is 5.17. The van der Waals surface area contributed by atoms with Crippen LogP contribution in [0.15, 0.2) is 41.1 Å². The van der Waals surface area contributed by atoms with E-state index in [9.17, 15) is 9.59 Å². The minimum atomic E-state index is -0.475. The molecule has 1 aliphatic heterocycles. The number of esters is 1. The van der Waals surface area contributed by atoms with Gasteiger partial charge in [0.1, 0.15) is 0 Å². The summed E-state index contributed by atoms with van der Waals surface area (Å²) < 4.78 is 4.94. The summed E-state index contributed by atoms with van der Waals surface area (Å²) in [6.07, 6.45) is 7.11. The van der Waals surface area contributed by atoms with E-state index in [1.54, 1.807) is 23.1 Å². The molecule has 0 bridgehead atoms. The Morgan fingerprint density at radius 2 is 2.00 bits per heavy atom. The molecule has 0 N–H and O–H groups in total. The van der Waals surface area contributed by atoms with E-state index in [0.717, 1.165) is 31.2 Å². The molecule has 5 heteroatoms. The summed E-state index contributed by atoms with van der Waals surface area (Å²) in [7, 11) is 1.34. The zero-order valence-electron chi connectivity index (χ0n) is 14.5. The highest BCUT2D eigenvalue weighted by molar-refractivity contribution is 6.30. The second kappa shape index (κ2) is 7.44. The first-order chi connectivity index (χ1) is 12.0. The molecule has 0 radical (unpaired) electrons. The van der Waals surface area contributed by atoms with E-state index in [-0.39, 0.29) is 11.9 Å². The van der Waals surface area contributed by atoms with E-state index < -0.39 is 5.97 Å².